The van der Waals surface area contributed by atoms with Crippen molar-refractivity contribution in [3.63, 3.8) is 0 Å². The Bertz CT molecular complexity index is 578. The van der Waals surface area contributed by atoms with Gasteiger partial charge in [0.25, 0.3) is 6.98 Å². The van der Waals surface area contributed by atoms with Crippen molar-refractivity contribution >= 4 is 19.7 Å². The lowest BCUT2D eigenvalue weighted by atomic mass is 9.55. The molecule has 0 amide bonds. The molecule has 1 unspecified atom stereocenters. The summed E-state index contributed by atoms with van der Waals surface area (Å²) in [4.78, 5) is 5.23. The van der Waals surface area contributed by atoms with Crippen molar-refractivity contribution in [2.45, 2.75) is 85.5 Å². The largest absolute Gasteiger partial charge is 0.386 e. The average molecular weight is 355 g/mol. The Morgan fingerprint density at radius 3 is 2.23 bits per heavy atom. The van der Waals surface area contributed by atoms with Crippen molar-refractivity contribution in [3.05, 3.63) is 29.8 Å². The van der Waals surface area contributed by atoms with Crippen molar-refractivity contribution in [2.75, 3.05) is 18.4 Å². The lowest BCUT2D eigenvalue weighted by Gasteiger charge is -2.54. The van der Waals surface area contributed by atoms with E-state index in [-0.39, 0.29) is 5.41 Å². The topological polar surface area (TPSA) is 9.72 Å². The highest BCUT2D eigenvalue weighted by Gasteiger charge is 2.55. The fourth-order valence-corrected chi connectivity index (χ4v) is 4.80. The van der Waals surface area contributed by atoms with E-state index in [1.807, 2.05) is 0 Å². The van der Waals surface area contributed by atoms with Gasteiger partial charge in [0.15, 0.2) is 0 Å². The molecule has 144 valence electrons. The summed E-state index contributed by atoms with van der Waals surface area (Å²) in [5, 5.41) is 0. The van der Waals surface area contributed by atoms with Crippen molar-refractivity contribution < 1.29 is 0 Å². The highest BCUT2D eigenvalue weighted by molar-refractivity contribution is 6.74. The molecule has 0 bridgehead atoms. The van der Waals surface area contributed by atoms with Gasteiger partial charge >= 0.3 is 6.98 Å². The van der Waals surface area contributed by atoms with Gasteiger partial charge in [-0.25, -0.2) is 0 Å². The Hall–Kier alpha value is -0.930. The van der Waals surface area contributed by atoms with Crippen LogP contribution in [-0.2, 0) is 5.41 Å². The van der Waals surface area contributed by atoms with E-state index in [4.69, 9.17) is 0 Å². The first-order valence-corrected chi connectivity index (χ1v) is 10.7. The molecule has 0 saturated carbocycles. The van der Waals surface area contributed by atoms with Gasteiger partial charge in [-0.3, -0.25) is 0 Å². The van der Waals surface area contributed by atoms with Crippen LogP contribution in [0.25, 0.3) is 0 Å². The molecule has 1 saturated heterocycles. The summed E-state index contributed by atoms with van der Waals surface area (Å²) < 4.78 is 2.67. The minimum atomic E-state index is 0.156. The van der Waals surface area contributed by atoms with E-state index in [1.54, 1.807) is 0 Å². The molecule has 2 heterocycles. The van der Waals surface area contributed by atoms with Crippen molar-refractivity contribution in [1.29, 1.82) is 0 Å². The summed E-state index contributed by atoms with van der Waals surface area (Å²) in [5.74, 6) is 0. The standard InChI is InChI=1S/C18H31B2N3.C3H8/c1-7-8-11-14-22-19(4)21(6)17-18(2,3)15-12-9-10-13-16(15)23(17)20(22)5;1-3-2/h9-10,12-13,17H,7-8,11,14H2,1-6H3;3H2,1-2H3. The van der Waals surface area contributed by atoms with Gasteiger partial charge in [-0.2, -0.15) is 0 Å². The maximum atomic E-state index is 2.67. The van der Waals surface area contributed by atoms with Crippen LogP contribution in [0.1, 0.15) is 65.9 Å². The van der Waals surface area contributed by atoms with Gasteiger partial charge in [0, 0.05) is 11.1 Å². The van der Waals surface area contributed by atoms with E-state index in [2.05, 4.69) is 93.9 Å². The van der Waals surface area contributed by atoms with Crippen LogP contribution < -0.4 is 4.81 Å². The third-order valence-electron chi connectivity index (χ3n) is 6.14. The van der Waals surface area contributed by atoms with Gasteiger partial charge in [-0.1, -0.05) is 85.7 Å². The predicted molar refractivity (Wildman–Crippen MR) is 119 cm³/mol. The van der Waals surface area contributed by atoms with Crippen LogP contribution in [-0.4, -0.2) is 43.3 Å². The van der Waals surface area contributed by atoms with Crippen LogP contribution in [0, 0.1) is 0 Å². The molecular weight excluding hydrogens is 316 g/mol. The summed E-state index contributed by atoms with van der Waals surface area (Å²) in [6.45, 7) is 18.2. The Kier molecular flexibility index (Phi) is 7.27. The van der Waals surface area contributed by atoms with Crippen molar-refractivity contribution in [1.82, 2.24) is 9.53 Å². The first kappa shape index (κ1) is 21.4. The molecule has 3 nitrogen and oxygen atoms in total. The van der Waals surface area contributed by atoms with E-state index < -0.39 is 0 Å². The van der Waals surface area contributed by atoms with E-state index in [0.717, 1.165) is 0 Å². The molecule has 1 aromatic carbocycles. The first-order chi connectivity index (χ1) is 12.3. The number of rotatable bonds is 4. The van der Waals surface area contributed by atoms with E-state index >= 15 is 0 Å². The molecule has 3 rings (SSSR count). The van der Waals surface area contributed by atoms with E-state index in [1.165, 1.54) is 43.5 Å². The van der Waals surface area contributed by atoms with Crippen LogP contribution in [0.2, 0.25) is 13.6 Å². The molecule has 2 aliphatic heterocycles. The number of hydrogen-bond acceptors (Lipinski definition) is 3. The SMILES string of the molecule is CCC.CCCCCN1B(C)N(C)C2N(B1C)c1ccccc1C2(C)C. The second-order valence-electron chi connectivity index (χ2n) is 8.60. The first-order valence-electron chi connectivity index (χ1n) is 10.7. The number of likely N-dealkylation sites (N-methyl/N-ethyl adjacent to an activating group) is 1. The van der Waals surface area contributed by atoms with E-state index in [9.17, 15) is 0 Å². The number of para-hydroxylation sites is 1. The van der Waals surface area contributed by atoms with Gasteiger partial charge in [0.2, 0.25) is 0 Å². The molecule has 26 heavy (non-hydrogen) atoms. The Labute approximate surface area is 163 Å². The monoisotopic (exact) mass is 355 g/mol. The minimum Gasteiger partial charge on any atom is -0.386 e. The lowest BCUT2D eigenvalue weighted by Crippen LogP contribution is -2.74. The summed E-state index contributed by atoms with van der Waals surface area (Å²) in [6.07, 6.45) is 5.59. The molecule has 0 spiro atoms. The second-order valence-corrected chi connectivity index (χ2v) is 8.60. The lowest BCUT2D eigenvalue weighted by molar-refractivity contribution is 0.253. The maximum absolute atomic E-state index is 2.67. The van der Waals surface area contributed by atoms with Gasteiger partial charge in [-0.05, 0) is 31.6 Å². The number of nitrogens with zero attached hydrogens (tertiary/aromatic N) is 3. The fourth-order valence-electron chi connectivity index (χ4n) is 4.80. The zero-order valence-electron chi connectivity index (χ0n) is 18.4. The molecular formula is C21H39B2N3. The van der Waals surface area contributed by atoms with Gasteiger partial charge in [0.05, 0.1) is 6.17 Å². The average Bonchev–Trinajstić information content (AvgIpc) is 2.85. The molecule has 1 atom stereocenters. The third kappa shape index (κ3) is 3.71. The predicted octanol–water partition coefficient (Wildman–Crippen LogP) is 5.20. The molecule has 1 aromatic rings. The van der Waals surface area contributed by atoms with Crippen molar-refractivity contribution in [2.24, 2.45) is 0 Å². The number of benzene rings is 1. The molecule has 0 aromatic heterocycles. The highest BCUT2D eigenvalue weighted by Crippen LogP contribution is 2.48. The summed E-state index contributed by atoms with van der Waals surface area (Å²) >= 11 is 0. The summed E-state index contributed by atoms with van der Waals surface area (Å²) in [5.41, 5.74) is 3.07. The number of fused-ring (bicyclic) bond motifs is 3. The molecule has 0 aliphatic carbocycles. The smallest absolute Gasteiger partial charge is 0.330 e. The third-order valence-corrected chi connectivity index (χ3v) is 6.14. The molecule has 1 fully saturated rings. The van der Waals surface area contributed by atoms with Crippen LogP contribution in [0.5, 0.6) is 0 Å². The second kappa shape index (κ2) is 8.84. The molecule has 2 aliphatic rings. The summed E-state index contributed by atoms with van der Waals surface area (Å²) in [6, 6.07) is 9.00. The van der Waals surface area contributed by atoms with Crippen LogP contribution in [0.4, 0.5) is 5.69 Å². The zero-order chi connectivity index (χ0) is 19.5. The highest BCUT2D eigenvalue weighted by atomic mass is 15.4. The Morgan fingerprint density at radius 2 is 1.62 bits per heavy atom. The molecule has 0 N–H and O–H groups in total. The van der Waals surface area contributed by atoms with Crippen LogP contribution in [0.3, 0.4) is 0 Å². The minimum absolute atomic E-state index is 0.156. The van der Waals surface area contributed by atoms with Crippen LogP contribution >= 0.6 is 0 Å². The zero-order valence-corrected chi connectivity index (χ0v) is 18.4. The molecule has 5 heteroatoms. The van der Waals surface area contributed by atoms with Gasteiger partial charge in [-0.15, -0.1) is 0 Å². The van der Waals surface area contributed by atoms with Gasteiger partial charge in [0.1, 0.15) is 0 Å². The maximum Gasteiger partial charge on any atom is 0.330 e. The van der Waals surface area contributed by atoms with E-state index in [0.29, 0.717) is 20.1 Å². The number of anilines is 1. The van der Waals surface area contributed by atoms with Crippen LogP contribution in [0.15, 0.2) is 24.3 Å². The van der Waals surface area contributed by atoms with Gasteiger partial charge < -0.3 is 14.3 Å². The normalized spacial score (nSPS) is 22.0. The summed E-state index contributed by atoms with van der Waals surface area (Å²) in [7, 11) is 2.30. The molecule has 0 radical (unpaired) electrons. The number of hydrogen-bond donors (Lipinski definition) is 0. The number of unbranched alkanes of at least 4 members (excludes halogenated alkanes) is 2. The quantitative estimate of drug-likeness (QED) is 0.543. The Balaban J connectivity index is 0.000000758. The Morgan fingerprint density at radius 1 is 1.00 bits per heavy atom. The fraction of sp³-hybridized carbons (Fsp3) is 0.714. The van der Waals surface area contributed by atoms with Crippen molar-refractivity contribution in [3.8, 4) is 0 Å².